The highest BCUT2D eigenvalue weighted by atomic mass is 79.9. The predicted molar refractivity (Wildman–Crippen MR) is 73.2 cm³/mol. The molecule has 92 valence electrons. The van der Waals surface area contributed by atoms with Crippen LogP contribution in [0.4, 0.5) is 5.69 Å². The Kier molecular flexibility index (Phi) is 3.54. The number of hydrogen-bond acceptors (Lipinski definition) is 2. The fourth-order valence-electron chi connectivity index (χ4n) is 2.04. The molecule has 3 nitrogen and oxygen atoms in total. The summed E-state index contributed by atoms with van der Waals surface area (Å²) in [4.78, 5) is 14.3. The number of carbonyl (C=O) groups is 1. The molecule has 0 bridgehead atoms. The number of nitrogens with one attached hydrogen (secondary N) is 1. The van der Waals surface area contributed by atoms with E-state index in [0.717, 1.165) is 29.7 Å². The van der Waals surface area contributed by atoms with Gasteiger partial charge in [-0.2, -0.15) is 0 Å². The van der Waals surface area contributed by atoms with Crippen LogP contribution >= 0.6 is 15.9 Å². The van der Waals surface area contributed by atoms with Crippen LogP contribution in [-0.4, -0.2) is 24.5 Å². The van der Waals surface area contributed by atoms with E-state index in [-0.39, 0.29) is 5.91 Å². The zero-order valence-electron chi connectivity index (χ0n) is 10.2. The zero-order valence-corrected chi connectivity index (χ0v) is 11.8. The van der Waals surface area contributed by atoms with Gasteiger partial charge in [0.05, 0.1) is 5.54 Å². The van der Waals surface area contributed by atoms with Gasteiger partial charge in [0.15, 0.2) is 0 Å². The van der Waals surface area contributed by atoms with E-state index in [0.29, 0.717) is 0 Å². The third kappa shape index (κ3) is 2.69. The van der Waals surface area contributed by atoms with E-state index in [1.165, 1.54) is 0 Å². The smallest absolute Gasteiger partial charge is 0.246 e. The van der Waals surface area contributed by atoms with Gasteiger partial charge in [-0.1, -0.05) is 22.0 Å². The SMILES string of the molecule is CC1(C)NCCCN(c2cccc(Br)c2)C1=O. The highest BCUT2D eigenvalue weighted by Gasteiger charge is 2.34. The summed E-state index contributed by atoms with van der Waals surface area (Å²) < 4.78 is 0.998. The molecule has 0 aromatic heterocycles. The van der Waals surface area contributed by atoms with E-state index >= 15 is 0 Å². The first-order valence-corrected chi connectivity index (χ1v) is 6.62. The van der Waals surface area contributed by atoms with E-state index in [4.69, 9.17) is 0 Å². The molecule has 0 unspecified atom stereocenters. The van der Waals surface area contributed by atoms with Crippen LogP contribution in [0.5, 0.6) is 0 Å². The second-order valence-corrected chi connectivity index (χ2v) is 5.76. The first-order valence-electron chi connectivity index (χ1n) is 5.83. The van der Waals surface area contributed by atoms with Crippen LogP contribution in [0.3, 0.4) is 0 Å². The van der Waals surface area contributed by atoms with Crippen molar-refractivity contribution in [1.82, 2.24) is 5.32 Å². The fraction of sp³-hybridized carbons (Fsp3) is 0.462. The van der Waals surface area contributed by atoms with Crippen molar-refractivity contribution in [3.63, 3.8) is 0 Å². The number of carbonyl (C=O) groups excluding carboxylic acids is 1. The molecule has 1 aliphatic rings. The molecule has 0 aliphatic carbocycles. The van der Waals surface area contributed by atoms with Gasteiger partial charge in [0.1, 0.15) is 0 Å². The summed E-state index contributed by atoms with van der Waals surface area (Å²) in [6.07, 6.45) is 0.974. The number of hydrogen-bond donors (Lipinski definition) is 1. The standard InChI is InChI=1S/C13H17BrN2O/c1-13(2)12(17)16(8-4-7-15-13)11-6-3-5-10(14)9-11/h3,5-6,9,15H,4,7-8H2,1-2H3. The summed E-state index contributed by atoms with van der Waals surface area (Å²) >= 11 is 3.44. The van der Waals surface area contributed by atoms with Crippen LogP contribution < -0.4 is 10.2 Å². The van der Waals surface area contributed by atoms with Gasteiger partial charge < -0.3 is 10.2 Å². The summed E-state index contributed by atoms with van der Waals surface area (Å²) in [6, 6.07) is 7.89. The topological polar surface area (TPSA) is 32.3 Å². The number of halogens is 1. The lowest BCUT2D eigenvalue weighted by atomic mass is 10.0. The largest absolute Gasteiger partial charge is 0.311 e. The second-order valence-electron chi connectivity index (χ2n) is 4.84. The first-order chi connectivity index (χ1) is 8.00. The van der Waals surface area contributed by atoms with Crippen molar-refractivity contribution in [1.29, 1.82) is 0 Å². The summed E-state index contributed by atoms with van der Waals surface area (Å²) in [7, 11) is 0. The number of benzene rings is 1. The Labute approximate surface area is 110 Å². The molecule has 1 amide bonds. The third-order valence-corrected chi connectivity index (χ3v) is 3.52. The summed E-state index contributed by atoms with van der Waals surface area (Å²) in [5, 5.41) is 3.28. The number of nitrogens with zero attached hydrogens (tertiary/aromatic N) is 1. The molecule has 2 rings (SSSR count). The molecule has 1 fully saturated rings. The molecule has 1 saturated heterocycles. The second kappa shape index (κ2) is 4.78. The summed E-state index contributed by atoms with van der Waals surface area (Å²) in [5.41, 5.74) is 0.472. The van der Waals surface area contributed by atoms with E-state index in [9.17, 15) is 4.79 Å². The van der Waals surface area contributed by atoms with Gasteiger partial charge >= 0.3 is 0 Å². The molecule has 1 N–H and O–H groups in total. The summed E-state index contributed by atoms with van der Waals surface area (Å²) in [5.74, 6) is 0.133. The van der Waals surface area contributed by atoms with Crippen molar-refractivity contribution >= 4 is 27.5 Å². The average molecular weight is 297 g/mol. The van der Waals surface area contributed by atoms with Crippen LogP contribution in [0.1, 0.15) is 20.3 Å². The molecule has 1 aliphatic heterocycles. The molecule has 1 aromatic carbocycles. The summed E-state index contributed by atoms with van der Waals surface area (Å²) in [6.45, 7) is 5.52. The van der Waals surface area contributed by atoms with Gasteiger partial charge in [-0.3, -0.25) is 4.79 Å². The molecule has 1 heterocycles. The predicted octanol–water partition coefficient (Wildman–Crippen LogP) is 2.55. The van der Waals surface area contributed by atoms with Crippen molar-refractivity contribution in [2.24, 2.45) is 0 Å². The molecular weight excluding hydrogens is 280 g/mol. The molecule has 0 atom stereocenters. The van der Waals surface area contributed by atoms with Gasteiger partial charge in [0.25, 0.3) is 0 Å². The van der Waals surface area contributed by atoms with Crippen LogP contribution in [0.25, 0.3) is 0 Å². The van der Waals surface area contributed by atoms with E-state index in [1.54, 1.807) is 0 Å². The Hall–Kier alpha value is -0.870. The minimum Gasteiger partial charge on any atom is -0.311 e. The fourth-order valence-corrected chi connectivity index (χ4v) is 2.43. The van der Waals surface area contributed by atoms with Gasteiger partial charge in [-0.15, -0.1) is 0 Å². The molecule has 0 spiro atoms. The highest BCUT2D eigenvalue weighted by Crippen LogP contribution is 2.24. The minimum absolute atomic E-state index is 0.133. The van der Waals surface area contributed by atoms with E-state index < -0.39 is 5.54 Å². The Bertz CT molecular complexity index is 431. The molecule has 0 radical (unpaired) electrons. The molecule has 17 heavy (non-hydrogen) atoms. The number of anilines is 1. The van der Waals surface area contributed by atoms with Crippen molar-refractivity contribution in [2.45, 2.75) is 25.8 Å². The Morgan fingerprint density at radius 3 is 2.88 bits per heavy atom. The van der Waals surface area contributed by atoms with E-state index in [2.05, 4.69) is 21.2 Å². The third-order valence-electron chi connectivity index (χ3n) is 3.03. The quantitative estimate of drug-likeness (QED) is 0.864. The Balaban J connectivity index is 2.33. The Morgan fingerprint density at radius 2 is 2.18 bits per heavy atom. The first kappa shape index (κ1) is 12.6. The number of amides is 1. The lowest BCUT2D eigenvalue weighted by Gasteiger charge is -2.29. The van der Waals surface area contributed by atoms with Gasteiger partial charge in [0, 0.05) is 16.7 Å². The molecule has 0 saturated carbocycles. The zero-order chi connectivity index (χ0) is 12.5. The van der Waals surface area contributed by atoms with Crippen molar-refractivity contribution in [3.8, 4) is 0 Å². The lowest BCUT2D eigenvalue weighted by Crippen LogP contribution is -2.51. The van der Waals surface area contributed by atoms with Crippen LogP contribution in [0.15, 0.2) is 28.7 Å². The molecule has 1 aromatic rings. The van der Waals surface area contributed by atoms with Gasteiger partial charge in [-0.25, -0.2) is 0 Å². The van der Waals surface area contributed by atoms with Crippen LogP contribution in [0, 0.1) is 0 Å². The Morgan fingerprint density at radius 1 is 1.41 bits per heavy atom. The minimum atomic E-state index is -0.487. The lowest BCUT2D eigenvalue weighted by molar-refractivity contribution is -0.123. The number of rotatable bonds is 1. The van der Waals surface area contributed by atoms with Gasteiger partial charge in [-0.05, 0) is 45.0 Å². The van der Waals surface area contributed by atoms with Crippen molar-refractivity contribution in [3.05, 3.63) is 28.7 Å². The van der Waals surface area contributed by atoms with Crippen molar-refractivity contribution < 1.29 is 4.79 Å². The maximum atomic E-state index is 12.4. The maximum Gasteiger partial charge on any atom is 0.246 e. The highest BCUT2D eigenvalue weighted by molar-refractivity contribution is 9.10. The maximum absolute atomic E-state index is 12.4. The van der Waals surface area contributed by atoms with Crippen LogP contribution in [0.2, 0.25) is 0 Å². The van der Waals surface area contributed by atoms with Crippen LogP contribution in [-0.2, 0) is 4.79 Å². The van der Waals surface area contributed by atoms with Gasteiger partial charge in [0.2, 0.25) is 5.91 Å². The average Bonchev–Trinajstić information content (AvgIpc) is 2.40. The molecule has 4 heteroatoms. The molecular formula is C13H17BrN2O. The normalized spacial score (nSPS) is 20.2. The van der Waals surface area contributed by atoms with E-state index in [1.807, 2.05) is 43.0 Å². The monoisotopic (exact) mass is 296 g/mol. The van der Waals surface area contributed by atoms with Crippen molar-refractivity contribution in [2.75, 3.05) is 18.0 Å².